The molecule has 0 saturated carbocycles. The molecule has 38 heavy (non-hydrogen) atoms. The summed E-state index contributed by atoms with van der Waals surface area (Å²) in [5.41, 5.74) is -6.32. The highest BCUT2D eigenvalue weighted by atomic mass is 19.4. The molecule has 2 aromatic heterocycles. The van der Waals surface area contributed by atoms with Gasteiger partial charge in [-0.05, 0) is 36.8 Å². The third kappa shape index (κ3) is 5.13. The number of amides is 1. The lowest BCUT2D eigenvalue weighted by Crippen LogP contribution is -2.19. The minimum Gasteiger partial charge on any atom is -0.319 e. The van der Waals surface area contributed by atoms with Gasteiger partial charge < -0.3 is 5.32 Å². The molecular formula is C23H12F10N4O. The molecular weight excluding hydrogens is 538 g/mol. The van der Waals surface area contributed by atoms with Crippen molar-refractivity contribution < 1.29 is 48.7 Å². The summed E-state index contributed by atoms with van der Waals surface area (Å²) < 4.78 is 136. The zero-order chi connectivity index (χ0) is 28.2. The number of nitrogens with one attached hydrogen (secondary N) is 1. The lowest BCUT2D eigenvalue weighted by molar-refractivity contribution is -0.141. The van der Waals surface area contributed by atoms with Crippen LogP contribution < -0.4 is 5.32 Å². The highest BCUT2D eigenvalue weighted by Crippen LogP contribution is 2.37. The first-order valence-corrected chi connectivity index (χ1v) is 10.3. The second-order valence-corrected chi connectivity index (χ2v) is 8.00. The quantitative estimate of drug-likeness (QED) is 0.290. The molecule has 1 amide bonds. The number of hydrogen-bond acceptors (Lipinski definition) is 3. The van der Waals surface area contributed by atoms with Gasteiger partial charge in [-0.15, -0.1) is 0 Å². The Hall–Kier alpha value is -4.17. The molecule has 0 radical (unpaired) electrons. The highest BCUT2D eigenvalue weighted by Gasteiger charge is 2.40. The van der Waals surface area contributed by atoms with Gasteiger partial charge in [0.25, 0.3) is 5.91 Å². The number of benzene rings is 2. The van der Waals surface area contributed by atoms with E-state index in [1.165, 1.54) is 0 Å². The topological polar surface area (TPSA) is 59.8 Å². The predicted octanol–water partition coefficient (Wildman–Crippen LogP) is 6.63. The Kier molecular flexibility index (Phi) is 6.57. The fraction of sp³-hybridized carbons (Fsp3) is 0.174. The molecule has 4 rings (SSSR count). The fourth-order valence-electron chi connectivity index (χ4n) is 3.59. The monoisotopic (exact) mass is 550 g/mol. The van der Waals surface area contributed by atoms with Crippen LogP contribution in [0.5, 0.6) is 0 Å². The Bertz CT molecular complexity index is 1570. The van der Waals surface area contributed by atoms with Gasteiger partial charge in [0.05, 0.1) is 29.0 Å². The van der Waals surface area contributed by atoms with E-state index in [-0.39, 0.29) is 17.3 Å². The van der Waals surface area contributed by atoms with Crippen LogP contribution in [0.4, 0.5) is 49.6 Å². The summed E-state index contributed by atoms with van der Waals surface area (Å²) in [6, 6.07) is 3.42. The maximum Gasteiger partial charge on any atom is 0.437 e. The van der Waals surface area contributed by atoms with Gasteiger partial charge in [-0.3, -0.25) is 9.48 Å². The molecule has 0 bridgehead atoms. The van der Waals surface area contributed by atoms with E-state index in [0.717, 1.165) is 25.1 Å². The van der Waals surface area contributed by atoms with E-state index in [4.69, 9.17) is 0 Å². The van der Waals surface area contributed by atoms with Gasteiger partial charge >= 0.3 is 12.4 Å². The number of pyridine rings is 1. The summed E-state index contributed by atoms with van der Waals surface area (Å²) in [5.74, 6) is -7.11. The lowest BCUT2D eigenvalue weighted by atomic mass is 10.1. The van der Waals surface area contributed by atoms with Crippen molar-refractivity contribution in [1.82, 2.24) is 14.8 Å². The number of nitrogens with zero attached hydrogens (tertiary/aromatic N) is 3. The van der Waals surface area contributed by atoms with E-state index in [0.29, 0.717) is 16.8 Å². The van der Waals surface area contributed by atoms with Gasteiger partial charge in [0.15, 0.2) is 29.0 Å². The van der Waals surface area contributed by atoms with Crippen molar-refractivity contribution in [2.24, 2.45) is 0 Å². The number of aromatic nitrogens is 3. The molecule has 0 saturated heterocycles. The van der Waals surface area contributed by atoms with E-state index in [1.54, 1.807) is 0 Å². The van der Waals surface area contributed by atoms with Crippen LogP contribution in [0.1, 0.15) is 33.0 Å². The Morgan fingerprint density at radius 3 is 2.11 bits per heavy atom. The van der Waals surface area contributed by atoms with Gasteiger partial charge in [-0.25, -0.2) is 22.5 Å². The molecule has 0 fully saturated rings. The minimum absolute atomic E-state index is 0.00792. The van der Waals surface area contributed by atoms with E-state index in [2.05, 4.69) is 10.1 Å². The molecule has 1 N–H and O–H groups in total. The van der Waals surface area contributed by atoms with Crippen molar-refractivity contribution in [1.29, 1.82) is 0 Å². The molecule has 5 nitrogen and oxygen atoms in total. The Morgan fingerprint density at radius 1 is 0.868 bits per heavy atom. The predicted molar refractivity (Wildman–Crippen MR) is 112 cm³/mol. The summed E-state index contributed by atoms with van der Waals surface area (Å²) in [6.45, 7) is 0.585. The molecule has 0 atom stereocenters. The number of halogens is 10. The molecule has 15 heteroatoms. The summed E-state index contributed by atoms with van der Waals surface area (Å²) in [5, 5.41) is 4.62. The highest BCUT2D eigenvalue weighted by molar-refractivity contribution is 6.12. The number of carbonyl (C=O) groups excluding carboxylic acids is 1. The molecule has 2 heterocycles. The Balaban J connectivity index is 1.81. The van der Waals surface area contributed by atoms with Gasteiger partial charge in [-0.2, -0.15) is 31.4 Å². The normalized spacial score (nSPS) is 12.3. The van der Waals surface area contributed by atoms with Crippen molar-refractivity contribution in [2.45, 2.75) is 25.8 Å². The molecule has 2 aromatic carbocycles. The molecule has 0 unspecified atom stereocenters. The van der Waals surface area contributed by atoms with Crippen LogP contribution in [-0.4, -0.2) is 20.7 Å². The van der Waals surface area contributed by atoms with Gasteiger partial charge in [0.2, 0.25) is 0 Å². The van der Waals surface area contributed by atoms with Crippen LogP contribution >= 0.6 is 0 Å². The largest absolute Gasteiger partial charge is 0.437 e. The first-order valence-electron chi connectivity index (χ1n) is 10.3. The molecule has 0 aliphatic carbocycles. The summed E-state index contributed by atoms with van der Waals surface area (Å²) in [7, 11) is 0. The zero-order valence-corrected chi connectivity index (χ0v) is 18.7. The number of rotatable bonds is 4. The number of carbonyl (C=O) groups is 1. The van der Waals surface area contributed by atoms with Crippen molar-refractivity contribution in [2.75, 3.05) is 5.32 Å². The van der Waals surface area contributed by atoms with Gasteiger partial charge in [0, 0.05) is 11.5 Å². The lowest BCUT2D eigenvalue weighted by Gasteiger charge is -2.13. The van der Waals surface area contributed by atoms with Crippen molar-refractivity contribution in [3.63, 3.8) is 0 Å². The van der Waals surface area contributed by atoms with Crippen molar-refractivity contribution in [3.05, 3.63) is 87.9 Å². The summed E-state index contributed by atoms with van der Waals surface area (Å²) >= 11 is 0. The van der Waals surface area contributed by atoms with Gasteiger partial charge in [-0.1, -0.05) is 6.07 Å². The summed E-state index contributed by atoms with van der Waals surface area (Å²) in [4.78, 5) is 16.1. The molecule has 0 aliphatic heterocycles. The second-order valence-electron chi connectivity index (χ2n) is 8.00. The van der Waals surface area contributed by atoms with Crippen LogP contribution in [-0.2, 0) is 18.9 Å². The van der Waals surface area contributed by atoms with Crippen molar-refractivity contribution in [3.8, 4) is 0 Å². The number of alkyl halides is 6. The standard InChI is InChI=1S/C23H12F10N4O/c1-9-19(20(23(31,32)33)36-37(9)8-10-2-3-13(24)14(25)4-10)35-21(38)12-6-18(22(28,29)30)34-17-7-16(27)15(26)5-11(12)17/h2-7H,8H2,1H3,(H,35,38). The van der Waals surface area contributed by atoms with Crippen LogP contribution in [0.15, 0.2) is 36.4 Å². The molecule has 4 aromatic rings. The third-order valence-corrected chi connectivity index (χ3v) is 5.42. The van der Waals surface area contributed by atoms with E-state index < -0.39 is 81.6 Å². The van der Waals surface area contributed by atoms with Crippen LogP contribution in [0, 0.1) is 30.2 Å². The first-order chi connectivity index (χ1) is 17.6. The molecule has 0 spiro atoms. The average Bonchev–Trinajstić information content (AvgIpc) is 3.11. The average molecular weight is 550 g/mol. The SMILES string of the molecule is Cc1c(NC(=O)c2cc(C(F)(F)F)nc3cc(F)c(F)cc23)c(C(F)(F)F)nn1Cc1ccc(F)c(F)c1. The smallest absolute Gasteiger partial charge is 0.319 e. The van der Waals surface area contributed by atoms with E-state index in [1.807, 2.05) is 5.32 Å². The first kappa shape index (κ1) is 26.9. The third-order valence-electron chi connectivity index (χ3n) is 5.42. The number of hydrogen-bond donors (Lipinski definition) is 1. The zero-order valence-electron chi connectivity index (χ0n) is 18.7. The van der Waals surface area contributed by atoms with Crippen LogP contribution in [0.3, 0.4) is 0 Å². The second kappa shape index (κ2) is 9.29. The summed E-state index contributed by atoms with van der Waals surface area (Å²) in [6.07, 6.45) is -10.3. The van der Waals surface area contributed by atoms with E-state index in [9.17, 15) is 48.7 Å². The Morgan fingerprint density at radius 2 is 1.50 bits per heavy atom. The molecule has 0 aliphatic rings. The van der Waals surface area contributed by atoms with Gasteiger partial charge in [0.1, 0.15) is 5.69 Å². The van der Waals surface area contributed by atoms with E-state index >= 15 is 0 Å². The number of anilines is 1. The fourth-order valence-corrected chi connectivity index (χ4v) is 3.59. The molecule has 200 valence electrons. The van der Waals surface area contributed by atoms with Crippen LogP contribution in [0.2, 0.25) is 0 Å². The van der Waals surface area contributed by atoms with Crippen molar-refractivity contribution >= 4 is 22.5 Å². The minimum atomic E-state index is -5.17. The van der Waals surface area contributed by atoms with Crippen LogP contribution in [0.25, 0.3) is 10.9 Å². The Labute approximate surface area is 205 Å². The number of fused-ring (bicyclic) bond motifs is 1. The maximum absolute atomic E-state index is 13.8. The maximum atomic E-state index is 13.8.